The molecule has 1 saturated heterocycles. The Labute approximate surface area is 124 Å². The first-order chi connectivity index (χ1) is 9.55. The van der Waals surface area contributed by atoms with Crippen LogP contribution in [-0.4, -0.2) is 34.4 Å². The van der Waals surface area contributed by atoms with Crippen LogP contribution in [0, 0.1) is 6.92 Å². The van der Waals surface area contributed by atoms with Crippen molar-refractivity contribution in [3.63, 3.8) is 0 Å². The Bertz CT molecular complexity index is 591. The molecule has 0 bridgehead atoms. The molecule has 0 saturated carbocycles. The highest BCUT2D eigenvalue weighted by molar-refractivity contribution is 7.11. The molecule has 3 heterocycles. The highest BCUT2D eigenvalue weighted by atomic mass is 32.1. The standard InChI is InChI=1S/C15H21N3OS/c1-12-4-5-14(20-12)10-18-6-7-19-15(2,11-18)13-8-16-17(3)9-13/h4-5,8-9H,6-7,10-11H2,1-3H3. The minimum absolute atomic E-state index is 0.251. The first kappa shape index (κ1) is 13.8. The molecule has 5 heteroatoms. The molecule has 0 amide bonds. The van der Waals surface area contributed by atoms with Gasteiger partial charge in [-0.15, -0.1) is 11.3 Å². The zero-order chi connectivity index (χ0) is 14.2. The van der Waals surface area contributed by atoms with Gasteiger partial charge in [0.15, 0.2) is 0 Å². The number of aryl methyl sites for hydroxylation is 2. The summed E-state index contributed by atoms with van der Waals surface area (Å²) in [5.74, 6) is 0. The zero-order valence-corrected chi connectivity index (χ0v) is 13.1. The Balaban J connectivity index is 1.72. The minimum Gasteiger partial charge on any atom is -0.368 e. The lowest BCUT2D eigenvalue weighted by molar-refractivity contribution is -0.105. The molecule has 4 nitrogen and oxygen atoms in total. The number of ether oxygens (including phenoxy) is 1. The lowest BCUT2D eigenvalue weighted by atomic mass is 9.97. The van der Waals surface area contributed by atoms with Crippen LogP contribution in [0.3, 0.4) is 0 Å². The lowest BCUT2D eigenvalue weighted by Crippen LogP contribution is -2.47. The van der Waals surface area contributed by atoms with Crippen molar-refractivity contribution in [3.8, 4) is 0 Å². The van der Waals surface area contributed by atoms with Gasteiger partial charge >= 0.3 is 0 Å². The molecule has 0 aromatic carbocycles. The van der Waals surface area contributed by atoms with Gasteiger partial charge in [0, 0.05) is 48.2 Å². The fraction of sp³-hybridized carbons (Fsp3) is 0.533. The van der Waals surface area contributed by atoms with Crippen molar-refractivity contribution >= 4 is 11.3 Å². The topological polar surface area (TPSA) is 30.3 Å². The highest BCUT2D eigenvalue weighted by Gasteiger charge is 2.34. The molecule has 20 heavy (non-hydrogen) atoms. The molecule has 1 fully saturated rings. The molecular formula is C15H21N3OS. The Morgan fingerprint density at radius 3 is 2.95 bits per heavy atom. The number of hydrogen-bond donors (Lipinski definition) is 0. The van der Waals surface area contributed by atoms with Crippen molar-refractivity contribution in [1.29, 1.82) is 0 Å². The van der Waals surface area contributed by atoms with E-state index in [1.165, 1.54) is 9.75 Å². The van der Waals surface area contributed by atoms with E-state index in [0.29, 0.717) is 0 Å². The summed E-state index contributed by atoms with van der Waals surface area (Å²) < 4.78 is 7.89. The van der Waals surface area contributed by atoms with E-state index < -0.39 is 0 Å². The summed E-state index contributed by atoms with van der Waals surface area (Å²) in [5.41, 5.74) is 0.908. The van der Waals surface area contributed by atoms with E-state index in [2.05, 4.69) is 42.2 Å². The minimum atomic E-state index is -0.251. The summed E-state index contributed by atoms with van der Waals surface area (Å²) in [6, 6.07) is 4.43. The summed E-state index contributed by atoms with van der Waals surface area (Å²) in [7, 11) is 1.95. The van der Waals surface area contributed by atoms with Crippen LogP contribution in [0.15, 0.2) is 24.5 Å². The van der Waals surface area contributed by atoms with Crippen molar-refractivity contribution in [3.05, 3.63) is 39.8 Å². The first-order valence-electron chi connectivity index (χ1n) is 6.96. The van der Waals surface area contributed by atoms with Gasteiger partial charge in [-0.3, -0.25) is 9.58 Å². The molecule has 108 valence electrons. The lowest BCUT2D eigenvalue weighted by Gasteiger charge is -2.40. The average Bonchev–Trinajstić information content (AvgIpc) is 2.99. The fourth-order valence-corrected chi connectivity index (χ4v) is 3.68. The van der Waals surface area contributed by atoms with Crippen molar-refractivity contribution in [1.82, 2.24) is 14.7 Å². The quantitative estimate of drug-likeness (QED) is 0.870. The molecule has 1 atom stereocenters. The maximum atomic E-state index is 6.05. The molecule has 0 radical (unpaired) electrons. The third-order valence-corrected chi connectivity index (χ3v) is 4.83. The maximum absolute atomic E-state index is 6.05. The molecule has 0 aliphatic carbocycles. The predicted octanol–water partition coefficient (Wildman–Crippen LogP) is 2.54. The highest BCUT2D eigenvalue weighted by Crippen LogP contribution is 2.30. The monoisotopic (exact) mass is 291 g/mol. The molecule has 1 unspecified atom stereocenters. The van der Waals surface area contributed by atoms with E-state index in [0.717, 1.165) is 31.8 Å². The van der Waals surface area contributed by atoms with Gasteiger partial charge in [-0.2, -0.15) is 5.10 Å². The maximum Gasteiger partial charge on any atom is 0.106 e. The third-order valence-electron chi connectivity index (χ3n) is 3.84. The number of aromatic nitrogens is 2. The van der Waals surface area contributed by atoms with Gasteiger partial charge in [0.2, 0.25) is 0 Å². The SMILES string of the molecule is Cc1ccc(CN2CCOC(C)(c3cnn(C)c3)C2)s1. The van der Waals surface area contributed by atoms with Crippen LogP contribution in [0.4, 0.5) is 0 Å². The van der Waals surface area contributed by atoms with Gasteiger partial charge < -0.3 is 4.74 Å². The third kappa shape index (κ3) is 2.80. The Morgan fingerprint density at radius 1 is 1.45 bits per heavy atom. The van der Waals surface area contributed by atoms with Gasteiger partial charge in [0.25, 0.3) is 0 Å². The Hall–Kier alpha value is -1.17. The Morgan fingerprint density at radius 2 is 2.30 bits per heavy atom. The molecular weight excluding hydrogens is 270 g/mol. The first-order valence-corrected chi connectivity index (χ1v) is 7.77. The predicted molar refractivity (Wildman–Crippen MR) is 80.8 cm³/mol. The van der Waals surface area contributed by atoms with E-state index >= 15 is 0 Å². The van der Waals surface area contributed by atoms with Crippen molar-refractivity contribution in [2.24, 2.45) is 7.05 Å². The van der Waals surface area contributed by atoms with Gasteiger partial charge in [-0.05, 0) is 26.0 Å². The van der Waals surface area contributed by atoms with Gasteiger partial charge in [-0.25, -0.2) is 0 Å². The second-order valence-corrected chi connectivity index (χ2v) is 7.08. The van der Waals surface area contributed by atoms with Crippen LogP contribution in [-0.2, 0) is 23.9 Å². The largest absolute Gasteiger partial charge is 0.368 e. The van der Waals surface area contributed by atoms with Crippen LogP contribution in [0.25, 0.3) is 0 Å². The van der Waals surface area contributed by atoms with E-state index in [1.807, 2.05) is 29.3 Å². The zero-order valence-electron chi connectivity index (χ0n) is 12.3. The molecule has 1 aliphatic rings. The van der Waals surface area contributed by atoms with Crippen LogP contribution in [0.5, 0.6) is 0 Å². The molecule has 1 aliphatic heterocycles. The fourth-order valence-electron chi connectivity index (χ4n) is 2.75. The van der Waals surface area contributed by atoms with Crippen LogP contribution in [0.1, 0.15) is 22.2 Å². The smallest absolute Gasteiger partial charge is 0.106 e. The van der Waals surface area contributed by atoms with E-state index in [-0.39, 0.29) is 5.60 Å². The van der Waals surface area contributed by atoms with Gasteiger partial charge in [0.1, 0.15) is 5.60 Å². The molecule has 0 spiro atoms. The summed E-state index contributed by atoms with van der Waals surface area (Å²) >= 11 is 1.88. The normalized spacial score (nSPS) is 24.1. The van der Waals surface area contributed by atoms with Crippen LogP contribution >= 0.6 is 11.3 Å². The second-order valence-electron chi connectivity index (χ2n) is 5.71. The van der Waals surface area contributed by atoms with Crippen molar-refractivity contribution in [2.45, 2.75) is 26.0 Å². The Kier molecular flexibility index (Phi) is 3.67. The number of morpholine rings is 1. The van der Waals surface area contributed by atoms with E-state index in [1.54, 1.807) is 0 Å². The number of rotatable bonds is 3. The average molecular weight is 291 g/mol. The number of thiophene rings is 1. The summed E-state index contributed by atoms with van der Waals surface area (Å²) in [6.07, 6.45) is 3.97. The van der Waals surface area contributed by atoms with Gasteiger partial charge in [-0.1, -0.05) is 0 Å². The molecule has 2 aromatic rings. The number of nitrogens with zero attached hydrogens (tertiary/aromatic N) is 3. The summed E-state index contributed by atoms with van der Waals surface area (Å²) in [4.78, 5) is 5.28. The van der Waals surface area contributed by atoms with Crippen molar-refractivity contribution in [2.75, 3.05) is 19.7 Å². The molecule has 2 aromatic heterocycles. The van der Waals surface area contributed by atoms with Crippen molar-refractivity contribution < 1.29 is 4.74 Å². The summed E-state index contributed by atoms with van der Waals surface area (Å²) in [6.45, 7) is 8.01. The van der Waals surface area contributed by atoms with Gasteiger partial charge in [0.05, 0.1) is 12.8 Å². The second kappa shape index (κ2) is 5.31. The van der Waals surface area contributed by atoms with E-state index in [4.69, 9.17) is 4.74 Å². The van der Waals surface area contributed by atoms with E-state index in [9.17, 15) is 0 Å². The molecule has 0 N–H and O–H groups in total. The number of hydrogen-bond acceptors (Lipinski definition) is 4. The van der Waals surface area contributed by atoms with Crippen LogP contribution in [0.2, 0.25) is 0 Å². The molecule has 3 rings (SSSR count). The van der Waals surface area contributed by atoms with Crippen LogP contribution < -0.4 is 0 Å². The summed E-state index contributed by atoms with van der Waals surface area (Å²) in [5, 5.41) is 4.27.